The quantitative estimate of drug-likeness (QED) is 0.257. The molecule has 0 aliphatic heterocycles. The lowest BCUT2D eigenvalue weighted by Gasteiger charge is -2.29. The molecule has 2 N–H and O–H groups in total. The summed E-state index contributed by atoms with van der Waals surface area (Å²) >= 11 is 0. The van der Waals surface area contributed by atoms with Gasteiger partial charge in [-0.1, -0.05) is 49.6 Å². The molecule has 0 bridgehead atoms. The minimum atomic E-state index is -0.234. The third kappa shape index (κ3) is 4.57. The van der Waals surface area contributed by atoms with Crippen LogP contribution >= 0.6 is 0 Å². The van der Waals surface area contributed by atoms with E-state index in [4.69, 9.17) is 5.10 Å². The maximum absolute atomic E-state index is 13.5. The number of halogens is 1. The second-order valence-corrected chi connectivity index (χ2v) is 11.0. The van der Waals surface area contributed by atoms with E-state index in [2.05, 4.69) is 30.2 Å². The Kier molecular flexibility index (Phi) is 6.64. The van der Waals surface area contributed by atoms with Crippen LogP contribution in [-0.2, 0) is 17.6 Å². The number of allylic oxidation sites excluding steroid dienone is 2. The van der Waals surface area contributed by atoms with Crippen LogP contribution in [-0.4, -0.2) is 26.7 Å². The monoisotopic (exact) mass is 510 g/mol. The van der Waals surface area contributed by atoms with Gasteiger partial charge in [0.15, 0.2) is 0 Å². The molecule has 2 heterocycles. The second kappa shape index (κ2) is 10.2. The van der Waals surface area contributed by atoms with Crippen molar-refractivity contribution in [1.29, 1.82) is 0 Å². The van der Waals surface area contributed by atoms with Gasteiger partial charge in [0.1, 0.15) is 5.82 Å². The van der Waals surface area contributed by atoms with E-state index in [1.54, 1.807) is 17.7 Å². The van der Waals surface area contributed by atoms with Crippen molar-refractivity contribution in [3.05, 3.63) is 94.7 Å². The normalized spacial score (nSPS) is 19.4. The zero-order valence-corrected chi connectivity index (χ0v) is 22.1. The van der Waals surface area contributed by atoms with E-state index in [-0.39, 0.29) is 17.8 Å². The predicted molar refractivity (Wildman–Crippen MR) is 149 cm³/mol. The van der Waals surface area contributed by atoms with Gasteiger partial charge in [0.05, 0.1) is 24.0 Å². The van der Waals surface area contributed by atoms with Gasteiger partial charge < -0.3 is 10.3 Å². The number of carbonyl (C=O) groups is 1. The molecular weight excluding hydrogens is 475 g/mol. The molecule has 0 fully saturated rings. The fourth-order valence-electron chi connectivity index (χ4n) is 6.80. The first-order valence-electron chi connectivity index (χ1n) is 13.9. The van der Waals surface area contributed by atoms with E-state index in [9.17, 15) is 9.18 Å². The first-order chi connectivity index (χ1) is 18.5. The number of H-pyrrole nitrogens is 1. The molecule has 2 aromatic heterocycles. The SMILES string of the molecule is CCCC(C[C@H]1CCC2=C1[C@@H](C)c1cnn(-c3ccc(F)cc3)c1C2)NC(=O)Cc1c[nH]c2ccccc12. The molecule has 0 spiro atoms. The summed E-state index contributed by atoms with van der Waals surface area (Å²) in [6.07, 6.45) is 10.5. The molecule has 6 heteroatoms. The highest BCUT2D eigenvalue weighted by atomic mass is 19.1. The van der Waals surface area contributed by atoms with E-state index in [1.165, 1.54) is 29.0 Å². The molecule has 5 nitrogen and oxygen atoms in total. The van der Waals surface area contributed by atoms with Gasteiger partial charge in [0.25, 0.3) is 0 Å². The molecule has 2 aliphatic carbocycles. The Labute approximate surface area is 223 Å². The topological polar surface area (TPSA) is 62.7 Å². The molecular formula is C32H35FN4O. The molecule has 2 aliphatic rings. The summed E-state index contributed by atoms with van der Waals surface area (Å²) in [5.41, 5.74) is 8.60. The number of carbonyl (C=O) groups excluding carboxylic acids is 1. The molecule has 0 saturated heterocycles. The minimum Gasteiger partial charge on any atom is -0.361 e. The molecule has 0 radical (unpaired) electrons. The van der Waals surface area contributed by atoms with Crippen LogP contribution in [0.3, 0.4) is 0 Å². The van der Waals surface area contributed by atoms with Crippen LogP contribution in [0, 0.1) is 11.7 Å². The van der Waals surface area contributed by atoms with Crippen molar-refractivity contribution in [2.75, 3.05) is 0 Å². The van der Waals surface area contributed by atoms with E-state index < -0.39 is 0 Å². The number of aromatic nitrogens is 3. The van der Waals surface area contributed by atoms with Gasteiger partial charge >= 0.3 is 0 Å². The Morgan fingerprint density at radius 3 is 2.84 bits per heavy atom. The van der Waals surface area contributed by atoms with Crippen molar-refractivity contribution in [3.63, 3.8) is 0 Å². The number of rotatable bonds is 8. The van der Waals surface area contributed by atoms with Crippen LogP contribution in [0.4, 0.5) is 4.39 Å². The van der Waals surface area contributed by atoms with E-state index in [0.717, 1.165) is 60.7 Å². The Morgan fingerprint density at radius 1 is 1.21 bits per heavy atom. The van der Waals surface area contributed by atoms with Gasteiger partial charge in [-0.15, -0.1) is 0 Å². The molecule has 6 rings (SSSR count). The lowest BCUT2D eigenvalue weighted by molar-refractivity contribution is -0.121. The molecule has 196 valence electrons. The van der Waals surface area contributed by atoms with Gasteiger partial charge in [0.2, 0.25) is 5.91 Å². The zero-order chi connectivity index (χ0) is 26.2. The number of nitrogens with one attached hydrogen (secondary N) is 2. The standard InChI is InChI=1S/C32H35FN4O/c1-3-6-25(36-31(38)17-23-18-34-29-8-5-4-7-27(23)29)15-21-9-10-22-16-30-28(20(2)32(21)22)19-35-37(30)26-13-11-24(33)12-14-26/h4-5,7-8,11-14,18-21,25,34H,3,6,9-10,15-17H2,1-2H3,(H,36,38)/t20-,21+,25?/m0/s1. The van der Waals surface area contributed by atoms with Gasteiger partial charge in [0, 0.05) is 41.0 Å². The lowest BCUT2D eigenvalue weighted by atomic mass is 9.78. The lowest BCUT2D eigenvalue weighted by Crippen LogP contribution is -2.37. The number of fused-ring (bicyclic) bond motifs is 2. The first kappa shape index (κ1) is 24.7. The Morgan fingerprint density at radius 2 is 2.03 bits per heavy atom. The largest absolute Gasteiger partial charge is 0.361 e. The van der Waals surface area contributed by atoms with Crippen molar-refractivity contribution >= 4 is 16.8 Å². The van der Waals surface area contributed by atoms with Gasteiger partial charge in [-0.2, -0.15) is 5.10 Å². The number of para-hydroxylation sites is 1. The number of amides is 1. The number of hydrogen-bond donors (Lipinski definition) is 2. The Balaban J connectivity index is 1.16. The molecule has 1 amide bonds. The fraction of sp³-hybridized carbons (Fsp3) is 0.375. The summed E-state index contributed by atoms with van der Waals surface area (Å²) in [6, 6.07) is 14.9. The van der Waals surface area contributed by atoms with Crippen molar-refractivity contribution in [2.45, 2.75) is 70.8 Å². The van der Waals surface area contributed by atoms with Crippen molar-refractivity contribution < 1.29 is 9.18 Å². The minimum absolute atomic E-state index is 0.0972. The van der Waals surface area contributed by atoms with Gasteiger partial charge in [-0.25, -0.2) is 9.07 Å². The zero-order valence-electron chi connectivity index (χ0n) is 22.1. The Bertz CT molecular complexity index is 1500. The fourth-order valence-corrected chi connectivity index (χ4v) is 6.80. The third-order valence-electron chi connectivity index (χ3n) is 8.53. The maximum Gasteiger partial charge on any atom is 0.224 e. The molecule has 0 saturated carbocycles. The smallest absolute Gasteiger partial charge is 0.224 e. The van der Waals surface area contributed by atoms with Gasteiger partial charge in [-0.05, 0) is 67.5 Å². The number of benzene rings is 2. The van der Waals surface area contributed by atoms with Crippen molar-refractivity contribution in [1.82, 2.24) is 20.1 Å². The highest BCUT2D eigenvalue weighted by Crippen LogP contribution is 2.48. The van der Waals surface area contributed by atoms with Crippen molar-refractivity contribution in [3.8, 4) is 5.69 Å². The average molecular weight is 511 g/mol. The summed E-state index contributed by atoms with van der Waals surface area (Å²) in [4.78, 5) is 16.4. The van der Waals surface area contributed by atoms with E-state index >= 15 is 0 Å². The van der Waals surface area contributed by atoms with Crippen LogP contribution < -0.4 is 5.32 Å². The molecule has 3 atom stereocenters. The molecule has 38 heavy (non-hydrogen) atoms. The first-order valence-corrected chi connectivity index (χ1v) is 13.9. The number of aromatic amines is 1. The van der Waals surface area contributed by atoms with Crippen LogP contribution in [0.25, 0.3) is 16.6 Å². The van der Waals surface area contributed by atoms with Crippen LogP contribution in [0.15, 0.2) is 72.1 Å². The third-order valence-corrected chi connectivity index (χ3v) is 8.53. The summed E-state index contributed by atoms with van der Waals surface area (Å²) in [5, 5.41) is 9.20. The van der Waals surface area contributed by atoms with Crippen LogP contribution in [0.2, 0.25) is 0 Å². The predicted octanol–water partition coefficient (Wildman–Crippen LogP) is 6.78. The van der Waals surface area contributed by atoms with E-state index in [0.29, 0.717) is 18.3 Å². The summed E-state index contributed by atoms with van der Waals surface area (Å²) in [6.45, 7) is 4.49. The Hall–Kier alpha value is -3.67. The number of hydrogen-bond acceptors (Lipinski definition) is 2. The second-order valence-electron chi connectivity index (χ2n) is 11.0. The van der Waals surface area contributed by atoms with Crippen LogP contribution in [0.5, 0.6) is 0 Å². The summed E-state index contributed by atoms with van der Waals surface area (Å²) < 4.78 is 15.5. The average Bonchev–Trinajstić information content (AvgIpc) is 3.63. The van der Waals surface area contributed by atoms with Crippen molar-refractivity contribution in [2.24, 2.45) is 5.92 Å². The summed E-state index contributed by atoms with van der Waals surface area (Å²) in [5.74, 6) is 0.647. The number of nitrogens with zero attached hydrogens (tertiary/aromatic N) is 2. The summed E-state index contributed by atoms with van der Waals surface area (Å²) in [7, 11) is 0. The van der Waals surface area contributed by atoms with Gasteiger partial charge in [-0.3, -0.25) is 4.79 Å². The maximum atomic E-state index is 13.5. The van der Waals surface area contributed by atoms with E-state index in [1.807, 2.05) is 35.3 Å². The molecule has 2 aromatic carbocycles. The highest BCUT2D eigenvalue weighted by Gasteiger charge is 2.37. The molecule has 1 unspecified atom stereocenters. The van der Waals surface area contributed by atoms with Crippen LogP contribution in [0.1, 0.15) is 68.7 Å². The molecule has 4 aromatic rings. The highest BCUT2D eigenvalue weighted by molar-refractivity contribution is 5.88.